The van der Waals surface area contributed by atoms with E-state index in [1.807, 2.05) is 42.8 Å². The first kappa shape index (κ1) is 29.6. The molecule has 3 atom stereocenters. The van der Waals surface area contributed by atoms with E-state index in [4.69, 9.17) is 22.3 Å². The van der Waals surface area contributed by atoms with Crippen LogP contribution in [0.25, 0.3) is 10.9 Å². The van der Waals surface area contributed by atoms with Crippen LogP contribution in [0.3, 0.4) is 0 Å². The quantitative estimate of drug-likeness (QED) is 0.255. The number of benzene rings is 1. The van der Waals surface area contributed by atoms with Crippen molar-refractivity contribution in [2.24, 2.45) is 7.05 Å². The molecule has 0 spiro atoms. The maximum absolute atomic E-state index is 13.7. The number of fused-ring (bicyclic) bond motifs is 3. The molecule has 0 radical (unpaired) electrons. The molecule has 6 rings (SSSR count). The van der Waals surface area contributed by atoms with E-state index in [2.05, 4.69) is 25.1 Å². The Morgan fingerprint density at radius 3 is 2.50 bits per heavy atom. The molecule has 4 N–H and O–H groups in total. The van der Waals surface area contributed by atoms with Crippen LogP contribution in [-0.4, -0.2) is 65.3 Å². The van der Waals surface area contributed by atoms with Crippen LogP contribution >= 0.6 is 11.6 Å². The molecule has 15 heteroatoms. The third-order valence-electron chi connectivity index (χ3n) is 8.09. The first-order chi connectivity index (χ1) is 20.8. The van der Waals surface area contributed by atoms with Crippen LogP contribution in [0.5, 0.6) is 0 Å². The largest absolute Gasteiger partial charge is 0.397 e. The van der Waals surface area contributed by atoms with Gasteiger partial charge in [0.2, 0.25) is 16.0 Å². The standard InChI is InChI=1S/C29H32ClN9O4S/c1-15-9-20(16(2)33-22-6-7-23(30)34-26(22)27(40)36-44(4,42)43)25-21(10-15)28(41)37(3)29(35-25)39-14-18-11-19(39)13-38(18)24-8-5-17(31)12-32-24/h5-10,12,16,18-19,33H,11,13-14,31H2,1-4H3,(H,36,40)/t16-,18-,19-/m1/s1. The number of halogens is 1. The molecular formula is C29H32ClN9O4S. The second-order valence-electron chi connectivity index (χ2n) is 11.4. The summed E-state index contributed by atoms with van der Waals surface area (Å²) in [5.41, 5.74) is 8.52. The number of nitrogens with two attached hydrogens (primary N) is 1. The molecule has 3 aromatic heterocycles. The van der Waals surface area contributed by atoms with Crippen molar-refractivity contribution in [1.29, 1.82) is 0 Å². The van der Waals surface area contributed by atoms with Crippen molar-refractivity contribution in [2.75, 3.05) is 40.2 Å². The Hall–Kier alpha value is -4.43. The average Bonchev–Trinajstić information content (AvgIpc) is 3.56. The zero-order valence-corrected chi connectivity index (χ0v) is 26.1. The van der Waals surface area contributed by atoms with Gasteiger partial charge < -0.3 is 20.9 Å². The van der Waals surface area contributed by atoms with Crippen molar-refractivity contribution in [2.45, 2.75) is 38.4 Å². The number of nitrogens with zero attached hydrogens (tertiary/aromatic N) is 6. The number of aromatic nitrogens is 4. The summed E-state index contributed by atoms with van der Waals surface area (Å²) >= 11 is 6.04. The topological polar surface area (TPSA) is 168 Å². The number of carbonyl (C=O) groups excluding carboxylic acids is 1. The number of pyridine rings is 2. The minimum Gasteiger partial charge on any atom is -0.397 e. The summed E-state index contributed by atoms with van der Waals surface area (Å²) in [7, 11) is -2.10. The van der Waals surface area contributed by atoms with Crippen molar-refractivity contribution in [3.05, 3.63) is 74.9 Å². The molecule has 0 saturated carbocycles. The molecule has 13 nitrogen and oxygen atoms in total. The van der Waals surface area contributed by atoms with Gasteiger partial charge >= 0.3 is 0 Å². The molecule has 0 aliphatic carbocycles. The number of hydrogen-bond donors (Lipinski definition) is 3. The summed E-state index contributed by atoms with van der Waals surface area (Å²) in [5.74, 6) is 0.546. The van der Waals surface area contributed by atoms with E-state index >= 15 is 0 Å². The molecule has 2 aliphatic heterocycles. The normalized spacial score (nSPS) is 18.6. The summed E-state index contributed by atoms with van der Waals surface area (Å²) in [6.07, 6.45) is 3.46. The van der Waals surface area contributed by atoms with Crippen LogP contribution in [0.1, 0.15) is 41.0 Å². The van der Waals surface area contributed by atoms with E-state index < -0.39 is 22.0 Å². The van der Waals surface area contributed by atoms with Crippen molar-refractivity contribution < 1.29 is 13.2 Å². The predicted octanol–water partition coefficient (Wildman–Crippen LogP) is 2.60. The fourth-order valence-electron chi connectivity index (χ4n) is 6.14. The zero-order chi connectivity index (χ0) is 31.5. The van der Waals surface area contributed by atoms with Crippen LogP contribution < -0.4 is 31.1 Å². The predicted molar refractivity (Wildman–Crippen MR) is 171 cm³/mol. The first-order valence-electron chi connectivity index (χ1n) is 14.0. The van der Waals surface area contributed by atoms with Crippen LogP contribution in [0.4, 0.5) is 23.1 Å². The summed E-state index contributed by atoms with van der Waals surface area (Å²) in [5, 5.41) is 3.76. The van der Waals surface area contributed by atoms with E-state index in [9.17, 15) is 18.0 Å². The number of carbonyl (C=O) groups is 1. The van der Waals surface area contributed by atoms with Gasteiger partial charge in [0, 0.05) is 25.7 Å². The maximum atomic E-state index is 13.7. The van der Waals surface area contributed by atoms with Crippen LogP contribution in [0.2, 0.25) is 5.15 Å². The molecule has 2 bridgehead atoms. The summed E-state index contributed by atoms with van der Waals surface area (Å²) < 4.78 is 27.0. The summed E-state index contributed by atoms with van der Waals surface area (Å²) in [6.45, 7) is 5.20. The van der Waals surface area contributed by atoms with E-state index in [1.165, 1.54) is 6.07 Å². The Bertz CT molecular complexity index is 1970. The van der Waals surface area contributed by atoms with Gasteiger partial charge in [0.25, 0.3) is 11.5 Å². The summed E-state index contributed by atoms with van der Waals surface area (Å²) in [6, 6.07) is 10.5. The molecule has 0 unspecified atom stereocenters. The SMILES string of the molecule is Cc1cc([C@@H](C)Nc2ccc(Cl)nc2C(=O)NS(C)(=O)=O)c2nc(N3C[C@H]4C[C@@H]3CN4c3ccc(N)cn3)n(C)c(=O)c2c1. The van der Waals surface area contributed by atoms with Crippen molar-refractivity contribution >= 4 is 61.6 Å². The van der Waals surface area contributed by atoms with Gasteiger partial charge in [0.05, 0.1) is 52.9 Å². The highest BCUT2D eigenvalue weighted by molar-refractivity contribution is 7.89. The molecule has 1 amide bonds. The van der Waals surface area contributed by atoms with Gasteiger partial charge in [-0.2, -0.15) is 0 Å². The number of nitrogen functional groups attached to an aromatic ring is 1. The van der Waals surface area contributed by atoms with Gasteiger partial charge in [-0.05, 0) is 56.2 Å². The van der Waals surface area contributed by atoms with Gasteiger partial charge in [-0.25, -0.2) is 28.1 Å². The van der Waals surface area contributed by atoms with Crippen molar-refractivity contribution in [3.63, 3.8) is 0 Å². The lowest BCUT2D eigenvalue weighted by Crippen LogP contribution is -2.48. The second-order valence-corrected chi connectivity index (χ2v) is 13.6. The third-order valence-corrected chi connectivity index (χ3v) is 8.85. The highest BCUT2D eigenvalue weighted by Gasteiger charge is 2.45. The Morgan fingerprint density at radius 1 is 1.11 bits per heavy atom. The maximum Gasteiger partial charge on any atom is 0.285 e. The number of piperazine rings is 1. The fourth-order valence-corrected chi connectivity index (χ4v) is 6.72. The molecular weight excluding hydrogens is 606 g/mol. The minimum atomic E-state index is -3.84. The highest BCUT2D eigenvalue weighted by Crippen LogP contribution is 2.37. The van der Waals surface area contributed by atoms with Gasteiger partial charge in [0.15, 0.2) is 5.69 Å². The zero-order valence-electron chi connectivity index (χ0n) is 24.6. The van der Waals surface area contributed by atoms with Crippen LogP contribution in [0, 0.1) is 6.92 Å². The summed E-state index contributed by atoms with van der Waals surface area (Å²) in [4.78, 5) is 44.6. The molecule has 44 heavy (non-hydrogen) atoms. The fraction of sp³-hybridized carbons (Fsp3) is 0.345. The lowest BCUT2D eigenvalue weighted by atomic mass is 10.0. The second kappa shape index (κ2) is 10.9. The van der Waals surface area contributed by atoms with Gasteiger partial charge in [0.1, 0.15) is 11.0 Å². The van der Waals surface area contributed by atoms with Gasteiger partial charge in [-0.1, -0.05) is 17.7 Å². The van der Waals surface area contributed by atoms with Crippen LogP contribution in [-0.2, 0) is 17.1 Å². The average molecular weight is 638 g/mol. The van der Waals surface area contributed by atoms with Gasteiger partial charge in [-0.15, -0.1) is 0 Å². The van der Waals surface area contributed by atoms with E-state index in [0.717, 1.165) is 36.2 Å². The number of aryl methyl sites for hydroxylation is 1. The third kappa shape index (κ3) is 5.50. The smallest absolute Gasteiger partial charge is 0.285 e. The van der Waals surface area contributed by atoms with Crippen LogP contribution in [0.15, 0.2) is 47.4 Å². The minimum absolute atomic E-state index is 0.0308. The Morgan fingerprint density at radius 2 is 1.84 bits per heavy atom. The van der Waals surface area contributed by atoms with Crippen molar-refractivity contribution in [1.82, 2.24) is 24.2 Å². The Labute approximate surface area is 259 Å². The molecule has 2 fully saturated rings. The van der Waals surface area contributed by atoms with E-state index in [0.29, 0.717) is 29.1 Å². The number of hydrogen-bond acceptors (Lipinski definition) is 11. The molecule has 1 aromatic carbocycles. The Kier molecular flexibility index (Phi) is 7.36. The van der Waals surface area contributed by atoms with Gasteiger partial charge in [-0.3, -0.25) is 14.2 Å². The molecule has 2 aliphatic rings. The van der Waals surface area contributed by atoms with E-state index in [1.54, 1.807) is 23.9 Å². The Balaban J connectivity index is 1.35. The monoisotopic (exact) mass is 637 g/mol. The number of rotatable bonds is 7. The number of sulfonamides is 1. The molecule has 5 heterocycles. The van der Waals surface area contributed by atoms with Crippen molar-refractivity contribution in [3.8, 4) is 0 Å². The number of amides is 1. The molecule has 230 valence electrons. The van der Waals surface area contributed by atoms with E-state index in [-0.39, 0.29) is 34.2 Å². The number of nitrogens with one attached hydrogen (secondary N) is 2. The molecule has 4 aromatic rings. The lowest BCUT2D eigenvalue weighted by molar-refractivity contribution is 0.0977. The molecule has 2 saturated heterocycles. The number of anilines is 4. The lowest BCUT2D eigenvalue weighted by Gasteiger charge is -2.36. The highest BCUT2D eigenvalue weighted by atomic mass is 35.5. The first-order valence-corrected chi connectivity index (χ1v) is 16.3.